The predicted octanol–water partition coefficient (Wildman–Crippen LogP) is 0.386. The third kappa shape index (κ3) is 4.33. The van der Waals surface area contributed by atoms with Gasteiger partial charge in [0.05, 0.1) is 24.3 Å². The Morgan fingerprint density at radius 3 is 2.68 bits per heavy atom. The minimum atomic E-state index is -2.80. The number of nitrogens with one attached hydrogen (secondary N) is 2. The van der Waals surface area contributed by atoms with Crippen molar-refractivity contribution in [1.29, 1.82) is 0 Å². The Hall–Kier alpha value is -2.03. The van der Waals surface area contributed by atoms with Gasteiger partial charge in [0.2, 0.25) is 5.91 Å². The van der Waals surface area contributed by atoms with Crippen LogP contribution in [0.3, 0.4) is 0 Å². The first-order valence-electron chi connectivity index (χ1n) is 8.51. The molecule has 0 radical (unpaired) electrons. The summed E-state index contributed by atoms with van der Waals surface area (Å²) in [5.74, 6) is -2.92. The zero-order valence-electron chi connectivity index (χ0n) is 14.2. The Bertz CT molecular complexity index is 640. The molecule has 0 aromatic carbocycles. The molecular weight excluding hydrogens is 332 g/mol. The molecule has 1 atom stereocenters. The minimum absolute atomic E-state index is 0.163. The van der Waals surface area contributed by atoms with Crippen molar-refractivity contribution in [2.45, 2.75) is 31.2 Å². The maximum Gasteiger partial charge on any atom is 0.262 e. The van der Waals surface area contributed by atoms with E-state index in [1.165, 1.54) is 6.20 Å². The summed E-state index contributed by atoms with van der Waals surface area (Å²) in [7, 11) is 1.75. The maximum absolute atomic E-state index is 13.2. The van der Waals surface area contributed by atoms with E-state index in [-0.39, 0.29) is 17.7 Å². The zero-order chi connectivity index (χ0) is 18.0. The molecule has 25 heavy (non-hydrogen) atoms. The van der Waals surface area contributed by atoms with Crippen LogP contribution in [-0.2, 0) is 11.8 Å². The summed E-state index contributed by atoms with van der Waals surface area (Å²) in [5, 5.41) is 9.46. The second kappa shape index (κ2) is 7.07. The molecule has 2 amide bonds. The molecule has 1 unspecified atom stereocenters. The van der Waals surface area contributed by atoms with Gasteiger partial charge in [-0.15, -0.1) is 0 Å². The molecule has 3 heterocycles. The average Bonchev–Trinajstić information content (AvgIpc) is 3.18. The van der Waals surface area contributed by atoms with Gasteiger partial charge in [0.25, 0.3) is 11.8 Å². The first-order chi connectivity index (χ1) is 11.8. The van der Waals surface area contributed by atoms with Crippen LogP contribution in [0.1, 0.15) is 29.6 Å². The molecule has 138 valence electrons. The van der Waals surface area contributed by atoms with Crippen molar-refractivity contribution < 1.29 is 18.4 Å². The van der Waals surface area contributed by atoms with Crippen molar-refractivity contribution >= 4 is 11.8 Å². The van der Waals surface area contributed by atoms with E-state index in [0.29, 0.717) is 25.2 Å². The van der Waals surface area contributed by atoms with Crippen LogP contribution in [0.15, 0.2) is 12.4 Å². The molecule has 2 aliphatic heterocycles. The monoisotopic (exact) mass is 355 g/mol. The predicted molar refractivity (Wildman–Crippen MR) is 86.2 cm³/mol. The molecule has 2 fully saturated rings. The number of alkyl halides is 2. The fourth-order valence-electron chi connectivity index (χ4n) is 3.35. The molecule has 0 aliphatic carbocycles. The van der Waals surface area contributed by atoms with E-state index in [1.54, 1.807) is 22.8 Å². The molecule has 0 bridgehead atoms. The van der Waals surface area contributed by atoms with E-state index in [2.05, 4.69) is 15.7 Å². The Balaban J connectivity index is 1.41. The van der Waals surface area contributed by atoms with Crippen LogP contribution in [0.25, 0.3) is 0 Å². The van der Waals surface area contributed by atoms with Crippen molar-refractivity contribution in [2.24, 2.45) is 13.0 Å². The van der Waals surface area contributed by atoms with Crippen molar-refractivity contribution in [2.75, 3.05) is 26.2 Å². The van der Waals surface area contributed by atoms with Crippen molar-refractivity contribution in [3.63, 3.8) is 0 Å². The lowest BCUT2D eigenvalue weighted by atomic mass is 9.96. The number of nitrogens with zero attached hydrogens (tertiary/aromatic N) is 3. The van der Waals surface area contributed by atoms with Gasteiger partial charge in [-0.05, 0) is 18.8 Å². The van der Waals surface area contributed by atoms with Crippen LogP contribution in [0, 0.1) is 5.92 Å². The van der Waals surface area contributed by atoms with E-state index in [0.717, 1.165) is 12.8 Å². The number of piperidine rings is 1. The van der Waals surface area contributed by atoms with Crippen LogP contribution in [0.5, 0.6) is 0 Å². The van der Waals surface area contributed by atoms with Crippen LogP contribution < -0.4 is 10.6 Å². The molecule has 9 heteroatoms. The van der Waals surface area contributed by atoms with Crippen LogP contribution in [0.4, 0.5) is 8.78 Å². The highest BCUT2D eigenvalue weighted by molar-refractivity contribution is 5.93. The van der Waals surface area contributed by atoms with Crippen LogP contribution in [-0.4, -0.2) is 64.6 Å². The van der Waals surface area contributed by atoms with Crippen molar-refractivity contribution in [1.82, 2.24) is 25.3 Å². The average molecular weight is 355 g/mol. The smallest absolute Gasteiger partial charge is 0.262 e. The molecular formula is C16H23F2N5O2. The largest absolute Gasteiger partial charge is 0.352 e. The Kier molecular flexibility index (Phi) is 5.03. The fraction of sp³-hybridized carbons (Fsp3) is 0.688. The van der Waals surface area contributed by atoms with Gasteiger partial charge in [0, 0.05) is 39.3 Å². The summed E-state index contributed by atoms with van der Waals surface area (Å²) in [5.41, 5.74) is 0.517. The Morgan fingerprint density at radius 2 is 2.12 bits per heavy atom. The first-order valence-corrected chi connectivity index (χ1v) is 8.51. The fourth-order valence-corrected chi connectivity index (χ4v) is 3.35. The lowest BCUT2D eigenvalue weighted by molar-refractivity contribution is -0.135. The van der Waals surface area contributed by atoms with E-state index < -0.39 is 24.9 Å². The maximum atomic E-state index is 13.2. The van der Waals surface area contributed by atoms with Gasteiger partial charge in [-0.1, -0.05) is 0 Å². The number of rotatable bonds is 4. The highest BCUT2D eigenvalue weighted by Crippen LogP contribution is 2.27. The van der Waals surface area contributed by atoms with Gasteiger partial charge in [-0.2, -0.15) is 5.10 Å². The van der Waals surface area contributed by atoms with E-state index in [4.69, 9.17) is 0 Å². The van der Waals surface area contributed by atoms with E-state index in [1.807, 2.05) is 0 Å². The minimum Gasteiger partial charge on any atom is -0.352 e. The lowest BCUT2D eigenvalue weighted by Gasteiger charge is -2.33. The Morgan fingerprint density at radius 1 is 1.40 bits per heavy atom. The van der Waals surface area contributed by atoms with Crippen LogP contribution >= 0.6 is 0 Å². The quantitative estimate of drug-likeness (QED) is 0.819. The molecule has 2 saturated heterocycles. The van der Waals surface area contributed by atoms with Gasteiger partial charge in [0.15, 0.2) is 0 Å². The van der Waals surface area contributed by atoms with Gasteiger partial charge in [-0.3, -0.25) is 19.6 Å². The third-order valence-corrected chi connectivity index (χ3v) is 4.85. The molecule has 2 N–H and O–H groups in total. The topological polar surface area (TPSA) is 79.3 Å². The Labute approximate surface area is 144 Å². The van der Waals surface area contributed by atoms with Gasteiger partial charge >= 0.3 is 0 Å². The number of aryl methyl sites for hydroxylation is 1. The molecule has 0 spiro atoms. The summed E-state index contributed by atoms with van der Waals surface area (Å²) in [6.45, 7) is 1.18. The lowest BCUT2D eigenvalue weighted by Crippen LogP contribution is -2.48. The molecule has 7 nitrogen and oxygen atoms in total. The molecule has 3 rings (SSSR count). The number of carbonyl (C=O) groups excluding carboxylic acids is 2. The summed E-state index contributed by atoms with van der Waals surface area (Å²) < 4.78 is 28.0. The molecule has 1 aromatic rings. The molecule has 0 saturated carbocycles. The standard InChI is InChI=1S/C16H23F2N5O2/c1-22-9-12(8-21-22)14(24)19-7-11-2-4-23(5-3-11)15(25)13-6-16(17,18)10-20-13/h8-9,11,13,20H,2-7,10H2,1H3,(H,19,24). The van der Waals surface area contributed by atoms with Gasteiger partial charge in [-0.25, -0.2) is 8.78 Å². The summed E-state index contributed by atoms with van der Waals surface area (Å²) >= 11 is 0. The molecule has 1 aromatic heterocycles. The zero-order valence-corrected chi connectivity index (χ0v) is 14.2. The number of carbonyl (C=O) groups is 2. The van der Waals surface area contributed by atoms with Crippen LogP contribution in [0.2, 0.25) is 0 Å². The molecule has 2 aliphatic rings. The highest BCUT2D eigenvalue weighted by Gasteiger charge is 2.43. The number of likely N-dealkylation sites (tertiary alicyclic amines) is 1. The number of halogens is 2. The number of aromatic nitrogens is 2. The highest BCUT2D eigenvalue weighted by atomic mass is 19.3. The normalized spacial score (nSPS) is 23.6. The van der Waals surface area contributed by atoms with Crippen molar-refractivity contribution in [3.05, 3.63) is 18.0 Å². The number of amides is 2. The number of hydrogen-bond acceptors (Lipinski definition) is 4. The van der Waals surface area contributed by atoms with E-state index in [9.17, 15) is 18.4 Å². The second-order valence-corrected chi connectivity index (χ2v) is 6.87. The van der Waals surface area contributed by atoms with E-state index >= 15 is 0 Å². The SMILES string of the molecule is Cn1cc(C(=O)NCC2CCN(C(=O)C3CC(F)(F)CN3)CC2)cn1. The summed E-state index contributed by atoms with van der Waals surface area (Å²) in [6.07, 6.45) is 4.25. The van der Waals surface area contributed by atoms with Gasteiger partial charge < -0.3 is 10.2 Å². The van der Waals surface area contributed by atoms with Gasteiger partial charge in [0.1, 0.15) is 0 Å². The second-order valence-electron chi connectivity index (χ2n) is 6.87. The first kappa shape index (κ1) is 17.8. The summed E-state index contributed by atoms with van der Waals surface area (Å²) in [6, 6.07) is -0.781. The summed E-state index contributed by atoms with van der Waals surface area (Å²) in [4.78, 5) is 26.0. The van der Waals surface area contributed by atoms with Crippen molar-refractivity contribution in [3.8, 4) is 0 Å². The number of hydrogen-bond donors (Lipinski definition) is 2. The third-order valence-electron chi connectivity index (χ3n) is 4.85.